The molecule has 1 aliphatic rings. The lowest BCUT2D eigenvalue weighted by Crippen LogP contribution is -2.15. The molecule has 2 aromatic carbocycles. The minimum Gasteiger partial charge on any atom is -0.485 e. The average Bonchev–Trinajstić information content (AvgIpc) is 2.39. The molecule has 0 bridgehead atoms. The minimum absolute atomic E-state index is 0.150. The third-order valence-electron chi connectivity index (χ3n) is 3.40. The van der Waals surface area contributed by atoms with Gasteiger partial charge in [-0.05, 0) is 49.1 Å². The maximum Gasteiger partial charge on any atom is 0.124 e. The molecular weight excluding hydrogens is 244 g/mol. The molecule has 1 unspecified atom stereocenters. The Morgan fingerprint density at radius 3 is 2.67 bits per heavy atom. The second-order valence-corrected chi connectivity index (χ2v) is 5.24. The molecule has 0 fully saturated rings. The topological polar surface area (TPSA) is 9.23 Å². The van der Waals surface area contributed by atoms with Crippen molar-refractivity contribution >= 4 is 11.6 Å². The molecule has 0 spiro atoms. The summed E-state index contributed by atoms with van der Waals surface area (Å²) in [4.78, 5) is 0. The number of aryl methyl sites for hydroxylation is 2. The second kappa shape index (κ2) is 4.66. The van der Waals surface area contributed by atoms with E-state index in [1.807, 2.05) is 24.3 Å². The van der Waals surface area contributed by atoms with Crippen LogP contribution >= 0.6 is 11.6 Å². The van der Waals surface area contributed by atoms with Gasteiger partial charge in [0.1, 0.15) is 11.9 Å². The van der Waals surface area contributed by atoms with E-state index in [1.165, 1.54) is 16.7 Å². The Balaban J connectivity index is 1.86. The Hall–Kier alpha value is -1.47. The lowest BCUT2D eigenvalue weighted by Gasteiger charge is -2.26. The summed E-state index contributed by atoms with van der Waals surface area (Å²) in [6, 6.07) is 14.3. The molecule has 0 aromatic heterocycles. The van der Waals surface area contributed by atoms with Gasteiger partial charge in [0, 0.05) is 5.02 Å². The maximum absolute atomic E-state index is 6.07. The number of benzene rings is 2. The summed E-state index contributed by atoms with van der Waals surface area (Å²) in [6.07, 6.45) is 2.25. The summed E-state index contributed by atoms with van der Waals surface area (Å²) in [5, 5.41) is 0.769. The summed E-state index contributed by atoms with van der Waals surface area (Å²) in [5.74, 6) is 1.02. The van der Waals surface area contributed by atoms with Crippen LogP contribution in [0.5, 0.6) is 5.75 Å². The molecule has 18 heavy (non-hydrogen) atoms. The summed E-state index contributed by atoms with van der Waals surface area (Å²) >= 11 is 5.91. The van der Waals surface area contributed by atoms with Crippen LogP contribution in [0.4, 0.5) is 0 Å². The van der Waals surface area contributed by atoms with Gasteiger partial charge in [0.2, 0.25) is 0 Å². The van der Waals surface area contributed by atoms with Gasteiger partial charge >= 0.3 is 0 Å². The third kappa shape index (κ3) is 2.23. The van der Waals surface area contributed by atoms with Crippen LogP contribution in [0.15, 0.2) is 42.5 Å². The number of hydrogen-bond donors (Lipinski definition) is 0. The lowest BCUT2D eigenvalue weighted by molar-refractivity contribution is 0.176. The van der Waals surface area contributed by atoms with E-state index in [1.54, 1.807) is 0 Å². The number of halogens is 1. The van der Waals surface area contributed by atoms with E-state index in [-0.39, 0.29) is 6.10 Å². The van der Waals surface area contributed by atoms with Crippen molar-refractivity contribution in [3.05, 3.63) is 64.2 Å². The molecule has 1 aliphatic heterocycles. The number of ether oxygens (including phenoxy) is 1. The summed E-state index contributed by atoms with van der Waals surface area (Å²) in [7, 11) is 0. The molecule has 1 heterocycles. The fourth-order valence-electron chi connectivity index (χ4n) is 2.43. The fraction of sp³-hybridized carbons (Fsp3) is 0.250. The highest BCUT2D eigenvalue weighted by Crippen LogP contribution is 2.35. The Kier molecular flexibility index (Phi) is 3.00. The van der Waals surface area contributed by atoms with Gasteiger partial charge in [-0.15, -0.1) is 0 Å². The first-order valence-corrected chi connectivity index (χ1v) is 6.62. The zero-order chi connectivity index (χ0) is 12.5. The van der Waals surface area contributed by atoms with Crippen LogP contribution in [0.2, 0.25) is 5.02 Å². The first-order chi connectivity index (χ1) is 8.72. The van der Waals surface area contributed by atoms with Crippen molar-refractivity contribution in [2.45, 2.75) is 25.9 Å². The fourth-order valence-corrected chi connectivity index (χ4v) is 2.56. The smallest absolute Gasteiger partial charge is 0.124 e. The highest BCUT2D eigenvalue weighted by Gasteiger charge is 2.20. The highest BCUT2D eigenvalue weighted by molar-refractivity contribution is 6.30. The molecule has 0 amide bonds. The minimum atomic E-state index is 0.150. The molecule has 3 rings (SSSR count). The van der Waals surface area contributed by atoms with Crippen LogP contribution in [-0.4, -0.2) is 0 Å². The predicted molar refractivity (Wildman–Crippen MR) is 74.3 cm³/mol. The van der Waals surface area contributed by atoms with E-state index in [0.29, 0.717) is 0 Å². The number of fused-ring (bicyclic) bond motifs is 1. The van der Waals surface area contributed by atoms with E-state index in [4.69, 9.17) is 16.3 Å². The van der Waals surface area contributed by atoms with Gasteiger partial charge in [0.25, 0.3) is 0 Å². The quantitative estimate of drug-likeness (QED) is 0.720. The van der Waals surface area contributed by atoms with Crippen molar-refractivity contribution in [3.63, 3.8) is 0 Å². The summed E-state index contributed by atoms with van der Waals surface area (Å²) in [5.41, 5.74) is 3.81. The van der Waals surface area contributed by atoms with Crippen molar-refractivity contribution in [2.24, 2.45) is 0 Å². The van der Waals surface area contributed by atoms with Crippen LogP contribution in [0.25, 0.3) is 0 Å². The van der Waals surface area contributed by atoms with Crippen LogP contribution in [0.3, 0.4) is 0 Å². The standard InChI is InChI=1S/C16H15ClO/c1-11-2-8-16-13(10-11)5-9-15(18-16)12-3-6-14(17)7-4-12/h2-4,6-8,10,15H,5,9H2,1H3. The van der Waals surface area contributed by atoms with Crippen molar-refractivity contribution in [1.82, 2.24) is 0 Å². The lowest BCUT2D eigenvalue weighted by atomic mass is 9.96. The molecule has 0 N–H and O–H groups in total. The van der Waals surface area contributed by atoms with E-state index in [9.17, 15) is 0 Å². The average molecular weight is 259 g/mol. The van der Waals surface area contributed by atoms with Gasteiger partial charge < -0.3 is 4.74 Å². The van der Waals surface area contributed by atoms with Gasteiger partial charge in [-0.1, -0.05) is 41.4 Å². The van der Waals surface area contributed by atoms with Crippen LogP contribution < -0.4 is 4.74 Å². The number of rotatable bonds is 1. The number of hydrogen-bond acceptors (Lipinski definition) is 1. The Morgan fingerprint density at radius 2 is 1.89 bits per heavy atom. The van der Waals surface area contributed by atoms with Crippen molar-refractivity contribution in [2.75, 3.05) is 0 Å². The van der Waals surface area contributed by atoms with Gasteiger partial charge in [-0.3, -0.25) is 0 Å². The maximum atomic E-state index is 6.07. The highest BCUT2D eigenvalue weighted by atomic mass is 35.5. The second-order valence-electron chi connectivity index (χ2n) is 4.81. The first-order valence-electron chi connectivity index (χ1n) is 6.24. The zero-order valence-electron chi connectivity index (χ0n) is 10.3. The monoisotopic (exact) mass is 258 g/mol. The van der Waals surface area contributed by atoms with Crippen molar-refractivity contribution in [3.8, 4) is 5.75 Å². The van der Waals surface area contributed by atoms with Crippen LogP contribution in [0.1, 0.15) is 29.2 Å². The largest absolute Gasteiger partial charge is 0.485 e. The molecule has 0 saturated heterocycles. The molecule has 1 nitrogen and oxygen atoms in total. The van der Waals surface area contributed by atoms with E-state index in [2.05, 4.69) is 25.1 Å². The molecular formula is C16H15ClO. The molecule has 0 saturated carbocycles. The Bertz CT molecular complexity index is 560. The van der Waals surface area contributed by atoms with Gasteiger partial charge in [-0.2, -0.15) is 0 Å². The Labute approximate surface area is 112 Å². The predicted octanol–water partition coefficient (Wildman–Crippen LogP) is 4.71. The van der Waals surface area contributed by atoms with E-state index < -0.39 is 0 Å². The molecule has 2 heteroatoms. The van der Waals surface area contributed by atoms with Crippen LogP contribution in [-0.2, 0) is 6.42 Å². The first kappa shape index (κ1) is 11.6. The molecule has 0 aliphatic carbocycles. The molecule has 1 atom stereocenters. The van der Waals surface area contributed by atoms with E-state index in [0.717, 1.165) is 23.6 Å². The zero-order valence-corrected chi connectivity index (χ0v) is 11.1. The summed E-state index contributed by atoms with van der Waals surface area (Å²) in [6.45, 7) is 2.12. The SMILES string of the molecule is Cc1ccc2c(c1)CCC(c1ccc(Cl)cc1)O2. The van der Waals surface area contributed by atoms with Crippen LogP contribution in [0, 0.1) is 6.92 Å². The van der Waals surface area contributed by atoms with E-state index >= 15 is 0 Å². The summed E-state index contributed by atoms with van der Waals surface area (Å²) < 4.78 is 6.07. The Morgan fingerprint density at radius 1 is 1.11 bits per heavy atom. The molecule has 92 valence electrons. The van der Waals surface area contributed by atoms with Gasteiger partial charge in [0.05, 0.1) is 0 Å². The van der Waals surface area contributed by atoms with Crippen molar-refractivity contribution < 1.29 is 4.74 Å². The third-order valence-corrected chi connectivity index (χ3v) is 3.65. The molecule has 2 aromatic rings. The van der Waals surface area contributed by atoms with Gasteiger partial charge in [-0.25, -0.2) is 0 Å². The molecule has 0 radical (unpaired) electrons. The normalized spacial score (nSPS) is 18.0. The van der Waals surface area contributed by atoms with Gasteiger partial charge in [0.15, 0.2) is 0 Å². The van der Waals surface area contributed by atoms with Crippen molar-refractivity contribution in [1.29, 1.82) is 0 Å².